The molecule has 15 heteroatoms. The van der Waals surface area contributed by atoms with E-state index < -0.39 is 12.0 Å². The van der Waals surface area contributed by atoms with Crippen LogP contribution in [0.15, 0.2) is 142 Å². The molecule has 1 amide bonds. The molecule has 2 aliphatic heterocycles. The average molecular weight is 1010 g/mol. The molecule has 2 saturated heterocycles. The van der Waals surface area contributed by atoms with Crippen LogP contribution in [-0.4, -0.2) is 86.5 Å². The number of oxazole rings is 2. The minimum atomic E-state index is -0.514. The highest BCUT2D eigenvalue weighted by atomic mass is 35.5. The van der Waals surface area contributed by atoms with Crippen molar-refractivity contribution in [1.82, 2.24) is 20.2 Å². The van der Waals surface area contributed by atoms with Gasteiger partial charge in [0.25, 0.3) is 0 Å². The average Bonchev–Trinajstić information content (AvgIpc) is 4.22. The highest BCUT2D eigenvalue weighted by molar-refractivity contribution is 6.30. The van der Waals surface area contributed by atoms with E-state index in [4.69, 9.17) is 44.1 Å². The molecule has 2 aromatic heterocycles. The van der Waals surface area contributed by atoms with Gasteiger partial charge in [0.15, 0.2) is 0 Å². The fourth-order valence-corrected chi connectivity index (χ4v) is 9.20. The molecule has 0 bridgehead atoms. The zero-order valence-corrected chi connectivity index (χ0v) is 41.6. The first kappa shape index (κ1) is 53.4. The van der Waals surface area contributed by atoms with Crippen LogP contribution >= 0.6 is 11.6 Å². The Balaban J connectivity index is 0.000000219. The van der Waals surface area contributed by atoms with Crippen LogP contribution in [0.1, 0.15) is 41.5 Å². The number of esters is 2. The largest absolute Gasteiger partial charge is 0.493 e. The standard InChI is InChI=1S/C32H31ClN2O6.C25H28N2O4.CH4/c1-21-29(34-30(40-21)23-8-4-3-5-9-23)15-16-39-27-10-6-7-22(18-27)17-24-19-35(20-28(24)31(36)38-2)32(37)41-26-13-11-25(33)12-14-26;1-17-23(27-24(31-17)19-8-4-3-5-9-19)11-12-30-21-10-6-7-18(14-21)13-20-15-26-16-22(20)25(28)29-2;/h3-14,18,24,28H,15-17,19-20H2,1-2H3;3-10,14,20,22,26H,11-13,15-16H2,1-2H3;1H4/t24-,28+;20-,22+;/m10./s1. The second-order valence-corrected chi connectivity index (χ2v) is 18.3. The quantitative estimate of drug-likeness (QED) is 0.0858. The molecule has 73 heavy (non-hydrogen) atoms. The molecule has 0 saturated carbocycles. The summed E-state index contributed by atoms with van der Waals surface area (Å²) in [5.74, 6) is 3.82. The van der Waals surface area contributed by atoms with Crippen molar-refractivity contribution in [3.8, 4) is 40.2 Å². The number of amides is 1. The minimum absolute atomic E-state index is 0. The lowest BCUT2D eigenvalue weighted by molar-refractivity contribution is -0.147. The summed E-state index contributed by atoms with van der Waals surface area (Å²) in [6.45, 7) is 6.88. The maximum atomic E-state index is 12.8. The Bertz CT molecular complexity index is 2890. The summed E-state index contributed by atoms with van der Waals surface area (Å²) in [4.78, 5) is 48.2. The van der Waals surface area contributed by atoms with E-state index in [0.717, 1.165) is 69.6 Å². The van der Waals surface area contributed by atoms with E-state index in [1.165, 1.54) is 14.2 Å². The normalized spacial score (nSPS) is 16.9. The lowest BCUT2D eigenvalue weighted by Crippen LogP contribution is -2.32. The summed E-state index contributed by atoms with van der Waals surface area (Å²) in [5, 5.41) is 3.85. The first-order valence-corrected chi connectivity index (χ1v) is 24.5. The van der Waals surface area contributed by atoms with E-state index >= 15 is 0 Å². The fraction of sp³-hybridized carbons (Fsp3) is 0.328. The SMILES string of the molecule is C.COC(=O)[C@@H]1CNC[C@@H]1Cc1cccc(OCCc2nc(-c3ccccc3)oc2C)c1.COC(=O)[C@H]1CN(C(=O)Oc2ccc(Cl)cc2)C[C@H]1Cc1cccc(OCCc2nc(-c3ccccc3)oc2C)c1. The van der Waals surface area contributed by atoms with Crippen LogP contribution in [-0.2, 0) is 44.7 Å². The summed E-state index contributed by atoms with van der Waals surface area (Å²) in [6.07, 6.45) is 2.14. The van der Waals surface area contributed by atoms with Crippen molar-refractivity contribution in [2.75, 3.05) is 53.6 Å². The van der Waals surface area contributed by atoms with Crippen LogP contribution in [0.3, 0.4) is 0 Å². The molecule has 9 rings (SSSR count). The van der Waals surface area contributed by atoms with Gasteiger partial charge in [-0.25, -0.2) is 14.8 Å². The number of benzene rings is 5. The van der Waals surface area contributed by atoms with Gasteiger partial charge in [-0.15, -0.1) is 0 Å². The molecule has 14 nitrogen and oxygen atoms in total. The number of hydrogen-bond acceptors (Lipinski definition) is 13. The predicted octanol–water partition coefficient (Wildman–Crippen LogP) is 10.8. The number of aryl methyl sites for hydroxylation is 2. The van der Waals surface area contributed by atoms with Gasteiger partial charge >= 0.3 is 18.0 Å². The second-order valence-electron chi connectivity index (χ2n) is 17.8. The monoisotopic (exact) mass is 1010 g/mol. The number of nitrogens with one attached hydrogen (secondary N) is 1. The van der Waals surface area contributed by atoms with E-state index in [0.29, 0.717) is 68.1 Å². The smallest absolute Gasteiger partial charge is 0.415 e. The summed E-state index contributed by atoms with van der Waals surface area (Å²) in [6, 6.07) is 42.1. The Labute approximate surface area is 431 Å². The number of aromatic nitrogens is 2. The molecular formula is C58H63ClN4O10. The number of halogens is 1. The fourth-order valence-electron chi connectivity index (χ4n) is 9.08. The summed E-state index contributed by atoms with van der Waals surface area (Å²) >= 11 is 5.92. The maximum Gasteiger partial charge on any atom is 0.415 e. The molecular weight excluding hydrogens is 948 g/mol. The van der Waals surface area contributed by atoms with Crippen LogP contribution in [0.2, 0.25) is 5.02 Å². The van der Waals surface area contributed by atoms with Crippen LogP contribution < -0.4 is 19.5 Å². The number of ether oxygens (including phenoxy) is 5. The number of hydrogen-bond donors (Lipinski definition) is 1. The van der Waals surface area contributed by atoms with Gasteiger partial charge in [-0.1, -0.05) is 79.7 Å². The first-order chi connectivity index (χ1) is 35.0. The Morgan fingerprint density at radius 2 is 1.12 bits per heavy atom. The van der Waals surface area contributed by atoms with Gasteiger partial charge in [0, 0.05) is 48.6 Å². The third-order valence-electron chi connectivity index (χ3n) is 12.9. The van der Waals surface area contributed by atoms with Crippen molar-refractivity contribution in [1.29, 1.82) is 0 Å². The Hall–Kier alpha value is -7.42. The molecule has 0 unspecified atom stereocenters. The molecule has 7 aromatic rings. The summed E-state index contributed by atoms with van der Waals surface area (Å²) in [7, 11) is 2.81. The van der Waals surface area contributed by atoms with Gasteiger partial charge in [0.05, 0.1) is 50.7 Å². The Morgan fingerprint density at radius 3 is 1.64 bits per heavy atom. The lowest BCUT2D eigenvalue weighted by atomic mass is 9.89. The Kier molecular flexibility index (Phi) is 18.9. The highest BCUT2D eigenvalue weighted by Gasteiger charge is 2.41. The Morgan fingerprint density at radius 1 is 0.616 bits per heavy atom. The van der Waals surface area contributed by atoms with Gasteiger partial charge in [0.2, 0.25) is 11.8 Å². The zero-order chi connectivity index (χ0) is 50.4. The molecule has 5 aromatic carbocycles. The van der Waals surface area contributed by atoms with Crippen molar-refractivity contribution < 1.29 is 46.9 Å². The summed E-state index contributed by atoms with van der Waals surface area (Å²) in [5.41, 5.74) is 5.83. The van der Waals surface area contributed by atoms with E-state index in [1.807, 2.05) is 111 Å². The van der Waals surface area contributed by atoms with Gasteiger partial charge in [-0.05, 0) is 129 Å². The van der Waals surface area contributed by atoms with Crippen molar-refractivity contribution in [3.63, 3.8) is 0 Å². The summed E-state index contributed by atoms with van der Waals surface area (Å²) < 4.78 is 39.2. The zero-order valence-electron chi connectivity index (χ0n) is 40.9. The van der Waals surface area contributed by atoms with Crippen molar-refractivity contribution in [2.24, 2.45) is 23.7 Å². The molecule has 1 N–H and O–H groups in total. The number of carbonyl (C=O) groups excluding carboxylic acids is 3. The maximum absolute atomic E-state index is 12.8. The second kappa shape index (κ2) is 25.8. The van der Waals surface area contributed by atoms with Gasteiger partial charge in [-0.2, -0.15) is 0 Å². The van der Waals surface area contributed by atoms with E-state index in [2.05, 4.69) is 27.4 Å². The lowest BCUT2D eigenvalue weighted by Gasteiger charge is -2.17. The number of likely N-dealkylation sites (tertiary alicyclic amines) is 1. The predicted molar refractivity (Wildman–Crippen MR) is 279 cm³/mol. The molecule has 0 radical (unpaired) electrons. The number of methoxy groups -OCH3 is 2. The minimum Gasteiger partial charge on any atom is -0.493 e. The number of carbonyl (C=O) groups is 3. The molecule has 4 heterocycles. The number of rotatable bonds is 17. The van der Waals surface area contributed by atoms with E-state index in [-0.39, 0.29) is 43.7 Å². The molecule has 2 fully saturated rings. The van der Waals surface area contributed by atoms with Gasteiger partial charge in [-0.3, -0.25) is 9.59 Å². The van der Waals surface area contributed by atoms with Crippen LogP contribution in [0.25, 0.3) is 22.9 Å². The third kappa shape index (κ3) is 14.4. The first-order valence-electron chi connectivity index (χ1n) is 24.1. The molecule has 0 spiro atoms. The molecule has 0 aliphatic carbocycles. The van der Waals surface area contributed by atoms with Crippen molar-refractivity contribution in [3.05, 3.63) is 173 Å². The number of nitrogens with zero attached hydrogens (tertiary/aromatic N) is 3. The van der Waals surface area contributed by atoms with E-state index in [1.54, 1.807) is 29.2 Å². The highest BCUT2D eigenvalue weighted by Crippen LogP contribution is 2.31. The van der Waals surface area contributed by atoms with Gasteiger partial charge < -0.3 is 42.7 Å². The third-order valence-corrected chi connectivity index (χ3v) is 13.2. The molecule has 4 atom stereocenters. The van der Waals surface area contributed by atoms with E-state index in [9.17, 15) is 14.4 Å². The van der Waals surface area contributed by atoms with Crippen molar-refractivity contribution >= 4 is 29.6 Å². The van der Waals surface area contributed by atoms with Crippen LogP contribution in [0, 0.1) is 37.5 Å². The molecule has 382 valence electrons. The van der Waals surface area contributed by atoms with Gasteiger partial charge in [0.1, 0.15) is 28.8 Å². The molecule has 2 aliphatic rings. The van der Waals surface area contributed by atoms with Crippen molar-refractivity contribution in [2.45, 2.75) is 47.0 Å². The van der Waals surface area contributed by atoms with Crippen LogP contribution in [0.5, 0.6) is 17.2 Å². The van der Waals surface area contributed by atoms with Crippen LogP contribution in [0.4, 0.5) is 4.79 Å². The topological polar surface area (TPSA) is 165 Å².